The maximum absolute atomic E-state index is 5.96. The Morgan fingerprint density at radius 1 is 0.947 bits per heavy atom. The number of benzene rings is 2. The molecule has 1 nitrogen and oxygen atoms in total. The topological polar surface area (TPSA) is 9.23 Å². The Hall–Kier alpha value is -1.05. The van der Waals surface area contributed by atoms with Crippen molar-refractivity contribution in [3.8, 4) is 0 Å². The third-order valence-corrected chi connectivity index (χ3v) is 3.91. The molecule has 2 aromatic rings. The summed E-state index contributed by atoms with van der Waals surface area (Å²) < 4.78 is 5.96. The molecule has 0 aliphatic heterocycles. The molecule has 0 spiro atoms. The van der Waals surface area contributed by atoms with Crippen molar-refractivity contribution in [1.82, 2.24) is 0 Å². The summed E-state index contributed by atoms with van der Waals surface area (Å²) in [6.45, 7) is 0.860. The lowest BCUT2D eigenvalue weighted by Crippen LogP contribution is -2.10. The van der Waals surface area contributed by atoms with Gasteiger partial charge in [-0.2, -0.15) is 0 Å². The fourth-order valence-corrected chi connectivity index (χ4v) is 2.90. The average molecular weight is 277 g/mol. The Labute approximate surface area is 121 Å². The highest BCUT2D eigenvalue weighted by Crippen LogP contribution is 2.22. The van der Waals surface area contributed by atoms with Gasteiger partial charge in [0.05, 0.1) is 12.7 Å². The molecular formula is C17H21ClO. The van der Waals surface area contributed by atoms with Gasteiger partial charge >= 0.3 is 0 Å². The third-order valence-electron chi connectivity index (χ3n) is 3.91. The first-order valence-corrected chi connectivity index (χ1v) is 7.02. The largest absolute Gasteiger partial charge is 0.378 e. The van der Waals surface area contributed by atoms with E-state index in [1.54, 1.807) is 0 Å². The van der Waals surface area contributed by atoms with Gasteiger partial charge in [0.15, 0.2) is 0 Å². The van der Waals surface area contributed by atoms with Crippen LogP contribution in [0, 0.1) is 0 Å². The number of hydrogen-bond acceptors (Lipinski definition) is 1. The molecular weight excluding hydrogens is 256 g/mol. The molecule has 2 heteroatoms. The highest BCUT2D eigenvalue weighted by molar-refractivity contribution is 5.86. The molecule has 0 N–H and O–H groups in total. The van der Waals surface area contributed by atoms with Crippen molar-refractivity contribution < 1.29 is 4.74 Å². The molecule has 1 aliphatic carbocycles. The van der Waals surface area contributed by atoms with Gasteiger partial charge in [-0.25, -0.2) is 0 Å². The van der Waals surface area contributed by atoms with Crippen LogP contribution in [0.3, 0.4) is 0 Å². The molecule has 1 aliphatic rings. The second kappa shape index (κ2) is 6.93. The zero-order chi connectivity index (χ0) is 12.2. The predicted molar refractivity (Wildman–Crippen MR) is 83.1 cm³/mol. The van der Waals surface area contributed by atoms with Crippen molar-refractivity contribution in [2.75, 3.05) is 6.61 Å². The van der Waals surface area contributed by atoms with Gasteiger partial charge < -0.3 is 4.74 Å². The summed E-state index contributed by atoms with van der Waals surface area (Å²) in [5, 5.41) is 2.70. The molecule has 0 heterocycles. The van der Waals surface area contributed by atoms with Crippen LogP contribution in [-0.2, 0) is 11.2 Å². The van der Waals surface area contributed by atoms with E-state index >= 15 is 0 Å². The lowest BCUT2D eigenvalue weighted by molar-refractivity contribution is 0.0608. The van der Waals surface area contributed by atoms with Crippen LogP contribution >= 0.6 is 12.4 Å². The van der Waals surface area contributed by atoms with Crippen molar-refractivity contribution in [3.63, 3.8) is 0 Å². The quantitative estimate of drug-likeness (QED) is 0.782. The van der Waals surface area contributed by atoms with E-state index in [4.69, 9.17) is 4.74 Å². The molecule has 0 atom stereocenters. The second-order valence-corrected chi connectivity index (χ2v) is 5.17. The van der Waals surface area contributed by atoms with Crippen molar-refractivity contribution in [2.45, 2.75) is 38.2 Å². The van der Waals surface area contributed by atoms with E-state index < -0.39 is 0 Å². The minimum absolute atomic E-state index is 0. The normalized spacial score (nSPS) is 15.6. The molecule has 0 saturated heterocycles. The summed E-state index contributed by atoms with van der Waals surface area (Å²) in [6.07, 6.45) is 6.76. The molecule has 19 heavy (non-hydrogen) atoms. The van der Waals surface area contributed by atoms with Crippen molar-refractivity contribution in [2.24, 2.45) is 0 Å². The molecule has 2 aromatic carbocycles. The number of fused-ring (bicyclic) bond motifs is 1. The smallest absolute Gasteiger partial charge is 0.0575 e. The summed E-state index contributed by atoms with van der Waals surface area (Å²) >= 11 is 0. The van der Waals surface area contributed by atoms with Crippen LogP contribution in [-0.4, -0.2) is 12.7 Å². The van der Waals surface area contributed by atoms with E-state index in [0.29, 0.717) is 6.10 Å². The predicted octanol–water partition coefficient (Wildman–Crippen LogP) is 4.76. The number of ether oxygens (including phenoxy) is 1. The fraction of sp³-hybridized carbons (Fsp3) is 0.412. The molecule has 102 valence electrons. The molecule has 0 radical (unpaired) electrons. The van der Waals surface area contributed by atoms with Gasteiger partial charge in [0, 0.05) is 0 Å². The van der Waals surface area contributed by atoms with Gasteiger partial charge in [-0.05, 0) is 35.6 Å². The second-order valence-electron chi connectivity index (χ2n) is 5.17. The van der Waals surface area contributed by atoms with E-state index in [1.165, 1.54) is 42.0 Å². The van der Waals surface area contributed by atoms with Crippen LogP contribution < -0.4 is 0 Å². The molecule has 3 rings (SSSR count). The van der Waals surface area contributed by atoms with Gasteiger partial charge in [0.1, 0.15) is 0 Å². The Kier molecular flexibility index (Phi) is 5.24. The maximum Gasteiger partial charge on any atom is 0.0575 e. The van der Waals surface area contributed by atoms with E-state index in [9.17, 15) is 0 Å². The zero-order valence-corrected chi connectivity index (χ0v) is 12.0. The standard InChI is InChI=1S/C17H20O.ClH/c1-4-11-17-14(6-1)7-5-8-15(17)12-13-18-16-9-2-3-10-16;/h1,4-8,11,16H,2-3,9-10,12-13H2;1H. The van der Waals surface area contributed by atoms with Crippen molar-refractivity contribution >= 4 is 23.2 Å². The summed E-state index contributed by atoms with van der Waals surface area (Å²) in [5.74, 6) is 0. The zero-order valence-electron chi connectivity index (χ0n) is 11.2. The number of hydrogen-bond donors (Lipinski definition) is 0. The van der Waals surface area contributed by atoms with Gasteiger partial charge in [0.25, 0.3) is 0 Å². The van der Waals surface area contributed by atoms with Gasteiger partial charge in [-0.3, -0.25) is 0 Å². The average Bonchev–Trinajstić information content (AvgIpc) is 2.92. The van der Waals surface area contributed by atoms with E-state index in [-0.39, 0.29) is 12.4 Å². The van der Waals surface area contributed by atoms with Crippen LogP contribution in [0.5, 0.6) is 0 Å². The molecule has 1 fully saturated rings. The lowest BCUT2D eigenvalue weighted by atomic mass is 10.0. The first-order chi connectivity index (χ1) is 8.93. The van der Waals surface area contributed by atoms with Crippen molar-refractivity contribution in [3.05, 3.63) is 48.0 Å². The Balaban J connectivity index is 0.00000133. The summed E-state index contributed by atoms with van der Waals surface area (Å²) in [7, 11) is 0. The molecule has 0 aromatic heterocycles. The van der Waals surface area contributed by atoms with Crippen LogP contribution in [0.1, 0.15) is 31.2 Å². The monoisotopic (exact) mass is 276 g/mol. The van der Waals surface area contributed by atoms with Crippen LogP contribution in [0.25, 0.3) is 10.8 Å². The van der Waals surface area contributed by atoms with Crippen molar-refractivity contribution in [1.29, 1.82) is 0 Å². The lowest BCUT2D eigenvalue weighted by Gasteiger charge is -2.12. The Morgan fingerprint density at radius 2 is 1.68 bits per heavy atom. The summed E-state index contributed by atoms with van der Waals surface area (Å²) in [6, 6.07) is 15.1. The minimum Gasteiger partial charge on any atom is -0.378 e. The molecule has 0 bridgehead atoms. The highest BCUT2D eigenvalue weighted by atomic mass is 35.5. The van der Waals surface area contributed by atoms with Gasteiger partial charge in [-0.1, -0.05) is 55.3 Å². The first kappa shape index (κ1) is 14.4. The Bertz CT molecular complexity index is 512. The van der Waals surface area contributed by atoms with Crippen LogP contribution in [0.2, 0.25) is 0 Å². The van der Waals surface area contributed by atoms with Crippen LogP contribution in [0.15, 0.2) is 42.5 Å². The van der Waals surface area contributed by atoms with Gasteiger partial charge in [0.2, 0.25) is 0 Å². The fourth-order valence-electron chi connectivity index (χ4n) is 2.90. The van der Waals surface area contributed by atoms with Crippen LogP contribution in [0.4, 0.5) is 0 Å². The number of halogens is 1. The molecule has 1 saturated carbocycles. The maximum atomic E-state index is 5.96. The van der Waals surface area contributed by atoms with Gasteiger partial charge in [-0.15, -0.1) is 12.4 Å². The molecule has 0 unspecified atom stereocenters. The SMILES string of the molecule is Cl.c1ccc2c(CCOC3CCCC3)cccc2c1. The van der Waals surface area contributed by atoms with E-state index in [0.717, 1.165) is 13.0 Å². The summed E-state index contributed by atoms with van der Waals surface area (Å²) in [4.78, 5) is 0. The van der Waals surface area contributed by atoms with E-state index in [2.05, 4.69) is 42.5 Å². The highest BCUT2D eigenvalue weighted by Gasteiger charge is 2.14. The third kappa shape index (κ3) is 3.49. The first-order valence-electron chi connectivity index (χ1n) is 7.02. The molecule has 0 amide bonds. The number of rotatable bonds is 4. The van der Waals surface area contributed by atoms with E-state index in [1.807, 2.05) is 0 Å². The summed E-state index contributed by atoms with van der Waals surface area (Å²) in [5.41, 5.74) is 1.41. The minimum atomic E-state index is 0. The Morgan fingerprint density at radius 3 is 2.53 bits per heavy atom.